The van der Waals surface area contributed by atoms with E-state index in [0.29, 0.717) is 54.0 Å². The Balaban J connectivity index is 2.11. The number of hydrogen-bond acceptors (Lipinski definition) is 7. The third kappa shape index (κ3) is 6.25. The van der Waals surface area contributed by atoms with E-state index in [2.05, 4.69) is 32.6 Å². The topological polar surface area (TPSA) is 88.5 Å². The molecule has 1 N–H and O–H groups in total. The molecule has 1 aliphatic rings. The first kappa shape index (κ1) is 28.1. The lowest BCUT2D eigenvalue weighted by molar-refractivity contribution is -0.140. The maximum absolute atomic E-state index is 13.4. The largest absolute Gasteiger partial charge is 0.507 e. The van der Waals surface area contributed by atoms with Crippen LogP contribution in [-0.2, 0) is 9.59 Å². The number of amides is 1. The molecule has 0 aromatic heterocycles. The molecule has 8 heteroatoms. The van der Waals surface area contributed by atoms with Crippen molar-refractivity contribution in [3.8, 4) is 17.2 Å². The first-order chi connectivity index (χ1) is 17.7. The molecule has 37 heavy (non-hydrogen) atoms. The van der Waals surface area contributed by atoms with Gasteiger partial charge in [-0.2, -0.15) is 0 Å². The van der Waals surface area contributed by atoms with Crippen molar-refractivity contribution in [1.82, 2.24) is 9.80 Å². The summed E-state index contributed by atoms with van der Waals surface area (Å²) in [5.41, 5.74) is 1.01. The number of methoxy groups -OCH3 is 2. The summed E-state index contributed by atoms with van der Waals surface area (Å²) >= 11 is 0. The van der Waals surface area contributed by atoms with E-state index in [1.165, 1.54) is 12.0 Å². The van der Waals surface area contributed by atoms with Gasteiger partial charge < -0.3 is 29.1 Å². The Bertz CT molecular complexity index is 1120. The average molecular weight is 511 g/mol. The Hall–Kier alpha value is -3.52. The molecule has 1 saturated heterocycles. The first-order valence-electron chi connectivity index (χ1n) is 12.7. The van der Waals surface area contributed by atoms with E-state index >= 15 is 0 Å². The van der Waals surface area contributed by atoms with Gasteiger partial charge in [0.2, 0.25) is 0 Å². The van der Waals surface area contributed by atoms with Crippen molar-refractivity contribution in [2.45, 2.75) is 33.7 Å². The predicted molar refractivity (Wildman–Crippen MR) is 143 cm³/mol. The Labute approximate surface area is 219 Å². The van der Waals surface area contributed by atoms with E-state index < -0.39 is 17.7 Å². The number of likely N-dealkylation sites (tertiary alicyclic amines) is 1. The van der Waals surface area contributed by atoms with Crippen LogP contribution in [0.1, 0.15) is 44.9 Å². The Morgan fingerprint density at radius 1 is 1.00 bits per heavy atom. The molecule has 3 rings (SSSR count). The standard InChI is InChI=1S/C29H38N2O6/c1-7-30(8-2)15-16-31-26(23-17-22(35-5)13-14-24(23)36-6)25(28(33)29(31)34)27(32)20-9-11-21(12-10-20)37-18-19(3)4/h9-14,17,19,26,32H,7-8,15-16,18H2,1-6H3/b27-25+. The van der Waals surface area contributed by atoms with Crippen LogP contribution in [0.3, 0.4) is 0 Å². The van der Waals surface area contributed by atoms with Gasteiger partial charge in [0.05, 0.1) is 32.4 Å². The highest BCUT2D eigenvalue weighted by Gasteiger charge is 2.47. The lowest BCUT2D eigenvalue weighted by Crippen LogP contribution is -2.38. The number of carbonyl (C=O) groups excluding carboxylic acids is 2. The fraction of sp³-hybridized carbons (Fsp3) is 0.448. The second-order valence-electron chi connectivity index (χ2n) is 9.36. The molecule has 2 aromatic rings. The molecule has 2 aromatic carbocycles. The quantitative estimate of drug-likeness (QED) is 0.255. The first-order valence-corrected chi connectivity index (χ1v) is 12.7. The number of rotatable bonds is 12. The molecule has 1 unspecified atom stereocenters. The molecule has 0 aliphatic carbocycles. The third-order valence-corrected chi connectivity index (χ3v) is 6.53. The number of likely N-dealkylation sites (N-methyl/N-ethyl adjacent to an activating group) is 1. The lowest BCUT2D eigenvalue weighted by Gasteiger charge is -2.29. The Morgan fingerprint density at radius 3 is 2.22 bits per heavy atom. The summed E-state index contributed by atoms with van der Waals surface area (Å²) in [5.74, 6) is 0.455. The maximum Gasteiger partial charge on any atom is 0.295 e. The number of nitrogens with zero attached hydrogens (tertiary/aromatic N) is 2. The summed E-state index contributed by atoms with van der Waals surface area (Å²) in [6.07, 6.45) is 0. The van der Waals surface area contributed by atoms with E-state index in [0.717, 1.165) is 13.1 Å². The minimum Gasteiger partial charge on any atom is -0.507 e. The number of hydrogen-bond donors (Lipinski definition) is 1. The third-order valence-electron chi connectivity index (χ3n) is 6.53. The van der Waals surface area contributed by atoms with Gasteiger partial charge in [0, 0.05) is 24.2 Å². The molecule has 1 amide bonds. The van der Waals surface area contributed by atoms with Crippen LogP contribution >= 0.6 is 0 Å². The molecule has 1 heterocycles. The Morgan fingerprint density at radius 2 is 1.65 bits per heavy atom. The van der Waals surface area contributed by atoms with Gasteiger partial charge in [-0.1, -0.05) is 27.7 Å². The van der Waals surface area contributed by atoms with Crippen molar-refractivity contribution in [3.63, 3.8) is 0 Å². The molecular weight excluding hydrogens is 472 g/mol. The number of ketones is 1. The van der Waals surface area contributed by atoms with Crippen molar-refractivity contribution < 1.29 is 28.9 Å². The maximum atomic E-state index is 13.4. The smallest absolute Gasteiger partial charge is 0.295 e. The second-order valence-corrected chi connectivity index (χ2v) is 9.36. The zero-order valence-electron chi connectivity index (χ0n) is 22.6. The molecule has 0 saturated carbocycles. The highest BCUT2D eigenvalue weighted by atomic mass is 16.5. The summed E-state index contributed by atoms with van der Waals surface area (Å²) < 4.78 is 16.8. The molecule has 8 nitrogen and oxygen atoms in total. The summed E-state index contributed by atoms with van der Waals surface area (Å²) in [6.45, 7) is 11.3. The van der Waals surface area contributed by atoms with Crippen LogP contribution < -0.4 is 14.2 Å². The Kier molecular flexibility index (Phi) is 9.58. The van der Waals surface area contributed by atoms with Crippen LogP contribution in [0.5, 0.6) is 17.2 Å². The van der Waals surface area contributed by atoms with E-state index in [-0.39, 0.29) is 11.3 Å². The van der Waals surface area contributed by atoms with Crippen molar-refractivity contribution in [1.29, 1.82) is 0 Å². The van der Waals surface area contributed by atoms with Crippen LogP contribution in [0.2, 0.25) is 0 Å². The highest BCUT2D eigenvalue weighted by molar-refractivity contribution is 6.46. The summed E-state index contributed by atoms with van der Waals surface area (Å²) in [4.78, 5) is 30.4. The van der Waals surface area contributed by atoms with Crippen LogP contribution in [0.15, 0.2) is 48.0 Å². The van der Waals surface area contributed by atoms with Gasteiger partial charge in [0.1, 0.15) is 23.0 Å². The number of ether oxygens (including phenoxy) is 3. The van der Waals surface area contributed by atoms with Crippen molar-refractivity contribution in [3.05, 3.63) is 59.2 Å². The molecule has 1 fully saturated rings. The molecule has 1 atom stereocenters. The number of aliphatic hydroxyl groups is 1. The van der Waals surface area contributed by atoms with Crippen LogP contribution in [0, 0.1) is 5.92 Å². The summed E-state index contributed by atoms with van der Waals surface area (Å²) in [5, 5.41) is 11.4. The minimum atomic E-state index is -0.836. The van der Waals surface area contributed by atoms with Crippen molar-refractivity contribution >= 4 is 17.4 Å². The number of benzene rings is 2. The van der Waals surface area contributed by atoms with Crippen LogP contribution in [0.4, 0.5) is 0 Å². The van der Waals surface area contributed by atoms with E-state index in [1.807, 2.05) is 0 Å². The van der Waals surface area contributed by atoms with E-state index in [1.54, 1.807) is 49.6 Å². The molecule has 1 aliphatic heterocycles. The van der Waals surface area contributed by atoms with Gasteiger partial charge in [0.15, 0.2) is 0 Å². The van der Waals surface area contributed by atoms with Crippen LogP contribution in [0.25, 0.3) is 5.76 Å². The monoisotopic (exact) mass is 510 g/mol. The zero-order valence-corrected chi connectivity index (χ0v) is 22.6. The van der Waals surface area contributed by atoms with E-state index in [9.17, 15) is 14.7 Å². The molecule has 0 spiro atoms. The number of aliphatic hydroxyl groups excluding tert-OH is 1. The normalized spacial score (nSPS) is 17.1. The fourth-order valence-electron chi connectivity index (χ4n) is 4.40. The van der Waals surface area contributed by atoms with Crippen molar-refractivity contribution in [2.24, 2.45) is 5.92 Å². The predicted octanol–water partition coefficient (Wildman–Crippen LogP) is 4.50. The zero-order chi connectivity index (χ0) is 27.1. The van der Waals surface area contributed by atoms with Crippen molar-refractivity contribution in [2.75, 3.05) is 47.0 Å². The molecule has 200 valence electrons. The SMILES string of the molecule is CCN(CC)CCN1C(=O)C(=O)/C(=C(/O)c2ccc(OCC(C)C)cc2)C1c1cc(OC)ccc1OC. The minimum absolute atomic E-state index is 0.0203. The van der Waals surface area contributed by atoms with Crippen LogP contribution in [-0.4, -0.2) is 73.6 Å². The van der Waals surface area contributed by atoms with Gasteiger partial charge in [0.25, 0.3) is 11.7 Å². The summed E-state index contributed by atoms with van der Waals surface area (Å²) in [6, 6.07) is 11.3. The number of Topliss-reactive ketones (excluding diaryl/α,β-unsaturated/α-hetero) is 1. The highest BCUT2D eigenvalue weighted by Crippen LogP contribution is 2.43. The molecule has 0 bridgehead atoms. The summed E-state index contributed by atoms with van der Waals surface area (Å²) in [7, 11) is 3.08. The number of carbonyl (C=O) groups is 2. The fourth-order valence-corrected chi connectivity index (χ4v) is 4.40. The van der Waals surface area contributed by atoms with Gasteiger partial charge in [-0.15, -0.1) is 0 Å². The molecular formula is C29H38N2O6. The second kappa shape index (κ2) is 12.6. The van der Waals surface area contributed by atoms with Gasteiger partial charge in [-0.25, -0.2) is 0 Å². The van der Waals surface area contributed by atoms with Gasteiger partial charge in [-0.3, -0.25) is 9.59 Å². The lowest BCUT2D eigenvalue weighted by atomic mass is 9.94. The average Bonchev–Trinajstić information content (AvgIpc) is 3.16. The van der Waals surface area contributed by atoms with Gasteiger partial charge in [-0.05, 0) is 61.5 Å². The molecule has 0 radical (unpaired) electrons. The van der Waals surface area contributed by atoms with E-state index in [4.69, 9.17) is 14.2 Å². The van der Waals surface area contributed by atoms with Gasteiger partial charge >= 0.3 is 0 Å².